The Bertz CT molecular complexity index is 598. The zero-order valence-electron chi connectivity index (χ0n) is 11.0. The van der Waals surface area contributed by atoms with E-state index in [9.17, 15) is 0 Å². The summed E-state index contributed by atoms with van der Waals surface area (Å²) in [6, 6.07) is 8.40. The van der Waals surface area contributed by atoms with Gasteiger partial charge in [-0.15, -0.1) is 0 Å². The van der Waals surface area contributed by atoms with E-state index in [0.717, 1.165) is 25.8 Å². The Labute approximate surface area is 211 Å². The highest BCUT2D eigenvalue weighted by molar-refractivity contribution is 14.1. The summed E-state index contributed by atoms with van der Waals surface area (Å²) >= 11 is 13.8. The molecule has 0 fully saturated rings. The number of benzene rings is 2. The zero-order valence-corrected chi connectivity index (χ0v) is 23.9. The molecule has 0 unspecified atom stereocenters. The first kappa shape index (κ1) is 20.7. The Balaban J connectivity index is 2.19. The summed E-state index contributed by atoms with van der Waals surface area (Å²) < 4.78 is 18.8. The molecule has 0 heterocycles. The van der Waals surface area contributed by atoms with E-state index in [1.807, 2.05) is 6.92 Å². The smallest absolute Gasteiger partial charge is 0.238 e. The highest BCUT2D eigenvalue weighted by atomic mass is 127. The lowest BCUT2D eigenvalue weighted by Crippen LogP contribution is -2.21. The van der Waals surface area contributed by atoms with E-state index in [0.29, 0.717) is 0 Å². The number of ether oxygens (including phenoxy) is 2. The van der Waals surface area contributed by atoms with E-state index < -0.39 is 0 Å². The SMILES string of the molecule is CC(Oc1c(I)cc(I)cc1I)Oc1c(I)cc(I)cc1I. The van der Waals surface area contributed by atoms with E-state index in [1.165, 1.54) is 7.14 Å². The summed E-state index contributed by atoms with van der Waals surface area (Å²) in [4.78, 5) is 0. The summed E-state index contributed by atoms with van der Waals surface area (Å²) in [6.07, 6.45) is -0.357. The second kappa shape index (κ2) is 9.38. The van der Waals surface area contributed by atoms with Gasteiger partial charge in [-0.05, 0) is 160 Å². The quantitative estimate of drug-likeness (QED) is 0.241. The van der Waals surface area contributed by atoms with Crippen LogP contribution in [0.3, 0.4) is 0 Å². The van der Waals surface area contributed by atoms with Crippen LogP contribution in [-0.2, 0) is 0 Å². The van der Waals surface area contributed by atoms with Gasteiger partial charge in [0.05, 0.1) is 14.3 Å². The molecular weight excluding hydrogens is 962 g/mol. The van der Waals surface area contributed by atoms with E-state index in [2.05, 4.69) is 160 Å². The van der Waals surface area contributed by atoms with E-state index in [4.69, 9.17) is 9.47 Å². The fourth-order valence-electron chi connectivity index (χ4n) is 1.64. The number of hydrogen-bond donors (Lipinski definition) is 0. The number of rotatable bonds is 4. The van der Waals surface area contributed by atoms with Gasteiger partial charge in [0.1, 0.15) is 0 Å². The molecule has 0 bridgehead atoms. The van der Waals surface area contributed by atoms with Crippen LogP contribution in [0, 0.1) is 21.4 Å². The molecule has 0 aliphatic rings. The van der Waals surface area contributed by atoms with Gasteiger partial charge in [0.15, 0.2) is 11.5 Å². The van der Waals surface area contributed by atoms with Crippen LogP contribution in [0.2, 0.25) is 0 Å². The lowest BCUT2D eigenvalue weighted by molar-refractivity contribution is 0.0195. The predicted molar refractivity (Wildman–Crippen MR) is 140 cm³/mol. The molecule has 0 saturated heterocycles. The molecule has 2 rings (SSSR count). The molecule has 0 saturated carbocycles. The third kappa shape index (κ3) is 5.72. The third-order valence-corrected chi connectivity index (χ3v) is 6.94. The average molecular weight is 970 g/mol. The summed E-state index contributed by atoms with van der Waals surface area (Å²) in [7, 11) is 0. The molecular formula is C14H8I6O2. The maximum absolute atomic E-state index is 6.03. The van der Waals surface area contributed by atoms with Gasteiger partial charge in [-0.1, -0.05) is 0 Å². The first-order valence-corrected chi connectivity index (χ1v) is 12.4. The number of hydrogen-bond acceptors (Lipinski definition) is 2. The lowest BCUT2D eigenvalue weighted by Gasteiger charge is -2.20. The summed E-state index contributed by atoms with van der Waals surface area (Å²) in [6.45, 7) is 1.92. The van der Waals surface area contributed by atoms with Crippen molar-refractivity contribution in [2.45, 2.75) is 13.2 Å². The van der Waals surface area contributed by atoms with E-state index >= 15 is 0 Å². The first-order chi connectivity index (χ1) is 10.3. The summed E-state index contributed by atoms with van der Waals surface area (Å²) in [5.74, 6) is 1.76. The maximum atomic E-state index is 6.03. The minimum Gasteiger partial charge on any atom is -0.453 e. The third-order valence-electron chi connectivity index (χ3n) is 2.49. The molecule has 0 aliphatic heterocycles. The summed E-state index contributed by atoms with van der Waals surface area (Å²) in [5.41, 5.74) is 0. The summed E-state index contributed by atoms with van der Waals surface area (Å²) in [5, 5.41) is 0. The molecule has 2 aromatic rings. The molecule has 8 heteroatoms. The highest BCUT2D eigenvalue weighted by Crippen LogP contribution is 2.33. The molecule has 0 aliphatic carbocycles. The fraction of sp³-hybridized carbons (Fsp3) is 0.143. The second-order valence-corrected chi connectivity index (χ2v) is 11.3. The molecule has 0 N–H and O–H groups in total. The minimum atomic E-state index is -0.357. The van der Waals surface area contributed by atoms with Crippen LogP contribution >= 0.6 is 136 Å². The molecule has 0 spiro atoms. The Morgan fingerprint density at radius 3 is 1.18 bits per heavy atom. The lowest BCUT2D eigenvalue weighted by atomic mass is 10.3. The van der Waals surface area contributed by atoms with Crippen molar-refractivity contribution < 1.29 is 9.47 Å². The van der Waals surface area contributed by atoms with Gasteiger partial charge in [-0.25, -0.2) is 0 Å². The average Bonchev–Trinajstić information content (AvgIpc) is 2.38. The van der Waals surface area contributed by atoms with Crippen LogP contribution in [-0.4, -0.2) is 6.29 Å². The van der Waals surface area contributed by atoms with Crippen molar-refractivity contribution in [3.63, 3.8) is 0 Å². The molecule has 0 radical (unpaired) electrons. The Hall–Kier alpha value is 2.42. The van der Waals surface area contributed by atoms with Gasteiger partial charge in [-0.3, -0.25) is 0 Å². The van der Waals surface area contributed by atoms with E-state index in [-0.39, 0.29) is 6.29 Å². The monoisotopic (exact) mass is 969 g/mol. The molecule has 2 nitrogen and oxygen atoms in total. The van der Waals surface area contributed by atoms with Crippen molar-refractivity contribution >= 4 is 136 Å². The molecule has 0 aromatic heterocycles. The second-order valence-electron chi connectivity index (χ2n) is 4.20. The molecule has 118 valence electrons. The standard InChI is InChI=1S/C14H8I6O2/c1-6(21-13-9(17)2-7(15)3-10(13)18)22-14-11(19)4-8(16)5-12(14)20/h2-6H,1H3. The zero-order chi connectivity index (χ0) is 16.4. The molecule has 2 aromatic carbocycles. The number of halogens is 6. The Morgan fingerprint density at radius 1 is 0.636 bits per heavy atom. The molecule has 0 amide bonds. The Kier molecular flexibility index (Phi) is 8.84. The van der Waals surface area contributed by atoms with Crippen molar-refractivity contribution in [1.29, 1.82) is 0 Å². The van der Waals surface area contributed by atoms with Crippen LogP contribution in [0.1, 0.15) is 6.92 Å². The largest absolute Gasteiger partial charge is 0.453 e. The predicted octanol–water partition coefficient (Wildman–Crippen LogP) is 7.12. The topological polar surface area (TPSA) is 18.5 Å². The molecule has 0 atom stereocenters. The van der Waals surface area contributed by atoms with Crippen molar-refractivity contribution in [3.8, 4) is 11.5 Å². The van der Waals surface area contributed by atoms with Gasteiger partial charge >= 0.3 is 0 Å². The van der Waals surface area contributed by atoms with Gasteiger partial charge in [0.25, 0.3) is 0 Å². The van der Waals surface area contributed by atoms with Crippen LogP contribution < -0.4 is 9.47 Å². The Morgan fingerprint density at radius 2 is 0.909 bits per heavy atom. The van der Waals surface area contributed by atoms with Gasteiger partial charge in [0, 0.05) is 14.1 Å². The van der Waals surface area contributed by atoms with E-state index in [1.54, 1.807) is 0 Å². The van der Waals surface area contributed by atoms with Crippen LogP contribution in [0.4, 0.5) is 0 Å². The van der Waals surface area contributed by atoms with Crippen molar-refractivity contribution in [1.82, 2.24) is 0 Å². The van der Waals surface area contributed by atoms with Gasteiger partial charge in [0.2, 0.25) is 6.29 Å². The fourth-order valence-corrected chi connectivity index (χ4v) is 9.31. The van der Waals surface area contributed by atoms with Crippen LogP contribution in [0.15, 0.2) is 24.3 Å². The van der Waals surface area contributed by atoms with Gasteiger partial charge in [-0.2, -0.15) is 0 Å². The minimum absolute atomic E-state index is 0.357. The highest BCUT2D eigenvalue weighted by Gasteiger charge is 2.16. The van der Waals surface area contributed by atoms with Crippen LogP contribution in [0.5, 0.6) is 11.5 Å². The normalized spacial score (nSPS) is 10.9. The molecule has 22 heavy (non-hydrogen) atoms. The van der Waals surface area contributed by atoms with Crippen LogP contribution in [0.25, 0.3) is 0 Å². The van der Waals surface area contributed by atoms with Crippen molar-refractivity contribution in [3.05, 3.63) is 45.7 Å². The van der Waals surface area contributed by atoms with Crippen molar-refractivity contribution in [2.75, 3.05) is 0 Å². The first-order valence-electron chi connectivity index (χ1n) is 5.90. The maximum Gasteiger partial charge on any atom is 0.238 e. The van der Waals surface area contributed by atoms with Gasteiger partial charge < -0.3 is 9.47 Å². The van der Waals surface area contributed by atoms with Crippen molar-refractivity contribution in [2.24, 2.45) is 0 Å².